The van der Waals surface area contributed by atoms with Crippen LogP contribution in [-0.4, -0.2) is 18.8 Å². The number of halogens is 2. The Kier molecular flexibility index (Phi) is 4.61. The zero-order valence-corrected chi connectivity index (χ0v) is 10.8. The van der Waals surface area contributed by atoms with Crippen LogP contribution in [0.5, 0.6) is 5.75 Å². The summed E-state index contributed by atoms with van der Waals surface area (Å²) in [5, 5.41) is 2.57. The monoisotopic (exact) mass is 291 g/mol. The van der Waals surface area contributed by atoms with Crippen molar-refractivity contribution in [2.24, 2.45) is 0 Å². The fourth-order valence-electron chi connectivity index (χ4n) is 1.71. The Hall–Kier alpha value is -2.76. The fourth-order valence-corrected chi connectivity index (χ4v) is 1.71. The number of alkyl halides is 2. The summed E-state index contributed by atoms with van der Waals surface area (Å²) in [5.41, 5.74) is 1.03. The number of aldehydes is 1. The van der Waals surface area contributed by atoms with Crippen LogP contribution in [0.1, 0.15) is 20.7 Å². The smallest absolute Gasteiger partial charge is 0.387 e. The maximum atomic E-state index is 12.1. The predicted molar refractivity (Wildman–Crippen MR) is 72.9 cm³/mol. The van der Waals surface area contributed by atoms with Gasteiger partial charge in [0.1, 0.15) is 12.0 Å². The van der Waals surface area contributed by atoms with Gasteiger partial charge in [0.15, 0.2) is 0 Å². The highest BCUT2D eigenvalue weighted by Crippen LogP contribution is 2.17. The Balaban J connectivity index is 2.14. The molecular weight excluding hydrogens is 280 g/mol. The number of hydrogen-bond acceptors (Lipinski definition) is 3. The summed E-state index contributed by atoms with van der Waals surface area (Å²) >= 11 is 0. The number of rotatable bonds is 5. The number of hydrogen-bond donors (Lipinski definition) is 1. The van der Waals surface area contributed by atoms with Crippen molar-refractivity contribution in [3.63, 3.8) is 0 Å². The van der Waals surface area contributed by atoms with E-state index in [1.165, 1.54) is 30.3 Å². The van der Waals surface area contributed by atoms with Crippen molar-refractivity contribution in [1.29, 1.82) is 0 Å². The largest absolute Gasteiger partial charge is 0.435 e. The highest BCUT2D eigenvalue weighted by atomic mass is 19.3. The Morgan fingerprint density at radius 3 is 2.62 bits per heavy atom. The summed E-state index contributed by atoms with van der Waals surface area (Å²) in [7, 11) is 0. The maximum Gasteiger partial charge on any atom is 0.387 e. The molecule has 6 heteroatoms. The van der Waals surface area contributed by atoms with Gasteiger partial charge < -0.3 is 10.1 Å². The van der Waals surface area contributed by atoms with Crippen LogP contribution in [0.25, 0.3) is 0 Å². The standard InChI is InChI=1S/C15H11F2NO3/c16-15(17)21-13-6-2-4-11(8-13)14(20)18-12-5-1-3-10(7-12)9-19/h1-9,15H,(H,18,20). The van der Waals surface area contributed by atoms with Crippen LogP contribution >= 0.6 is 0 Å². The Labute approximate surface area is 119 Å². The van der Waals surface area contributed by atoms with Crippen molar-refractivity contribution in [1.82, 2.24) is 0 Å². The molecule has 0 atom stereocenters. The minimum Gasteiger partial charge on any atom is -0.435 e. The predicted octanol–water partition coefficient (Wildman–Crippen LogP) is 3.35. The lowest BCUT2D eigenvalue weighted by Crippen LogP contribution is -2.12. The number of ether oxygens (including phenoxy) is 1. The lowest BCUT2D eigenvalue weighted by molar-refractivity contribution is -0.0498. The average Bonchev–Trinajstić information content (AvgIpc) is 2.47. The summed E-state index contributed by atoms with van der Waals surface area (Å²) in [5.74, 6) is -0.586. The minimum absolute atomic E-state index is 0.0979. The van der Waals surface area contributed by atoms with Gasteiger partial charge in [0.25, 0.3) is 5.91 Å². The van der Waals surface area contributed by atoms with E-state index in [0.29, 0.717) is 17.5 Å². The molecule has 0 spiro atoms. The number of carbonyl (C=O) groups excluding carboxylic acids is 2. The minimum atomic E-state index is -2.95. The second-order valence-electron chi connectivity index (χ2n) is 4.10. The van der Waals surface area contributed by atoms with Crippen molar-refractivity contribution in [3.05, 3.63) is 59.7 Å². The van der Waals surface area contributed by atoms with Gasteiger partial charge in [0, 0.05) is 16.8 Å². The van der Waals surface area contributed by atoms with Crippen molar-refractivity contribution in [2.75, 3.05) is 5.32 Å². The van der Waals surface area contributed by atoms with Crippen molar-refractivity contribution >= 4 is 17.9 Å². The van der Waals surface area contributed by atoms with Gasteiger partial charge in [0.05, 0.1) is 0 Å². The van der Waals surface area contributed by atoms with E-state index in [4.69, 9.17) is 0 Å². The first-order valence-electron chi connectivity index (χ1n) is 6.00. The van der Waals surface area contributed by atoms with E-state index < -0.39 is 12.5 Å². The first kappa shape index (κ1) is 14.6. The Morgan fingerprint density at radius 2 is 1.90 bits per heavy atom. The number of anilines is 1. The zero-order chi connectivity index (χ0) is 15.2. The molecule has 4 nitrogen and oxygen atoms in total. The van der Waals surface area contributed by atoms with E-state index in [9.17, 15) is 18.4 Å². The van der Waals surface area contributed by atoms with Crippen LogP contribution < -0.4 is 10.1 Å². The molecule has 0 bridgehead atoms. The van der Waals surface area contributed by atoms with E-state index in [-0.39, 0.29) is 11.3 Å². The molecule has 0 aliphatic heterocycles. The van der Waals surface area contributed by atoms with Gasteiger partial charge in [-0.05, 0) is 30.3 Å². The molecule has 0 saturated heterocycles. The van der Waals surface area contributed by atoms with Crippen LogP contribution in [0.2, 0.25) is 0 Å². The molecule has 0 heterocycles. The number of benzene rings is 2. The van der Waals surface area contributed by atoms with Gasteiger partial charge >= 0.3 is 6.61 Å². The maximum absolute atomic E-state index is 12.1. The molecule has 0 radical (unpaired) electrons. The van der Waals surface area contributed by atoms with E-state index in [1.54, 1.807) is 18.2 Å². The number of carbonyl (C=O) groups is 2. The molecule has 0 unspecified atom stereocenters. The summed E-state index contributed by atoms with van der Waals surface area (Å²) in [6.45, 7) is -2.95. The molecule has 108 valence electrons. The normalized spacial score (nSPS) is 10.2. The Morgan fingerprint density at radius 1 is 1.14 bits per heavy atom. The van der Waals surface area contributed by atoms with Gasteiger partial charge in [0.2, 0.25) is 0 Å². The molecule has 0 saturated carbocycles. The highest BCUT2D eigenvalue weighted by Gasteiger charge is 2.10. The molecule has 2 aromatic carbocycles. The number of nitrogens with one attached hydrogen (secondary N) is 1. The van der Waals surface area contributed by atoms with Crippen LogP contribution in [0.15, 0.2) is 48.5 Å². The molecule has 0 aliphatic rings. The molecule has 0 fully saturated rings. The first-order valence-corrected chi connectivity index (χ1v) is 6.00. The highest BCUT2D eigenvalue weighted by molar-refractivity contribution is 6.04. The van der Waals surface area contributed by atoms with Crippen molar-refractivity contribution < 1.29 is 23.1 Å². The quantitative estimate of drug-likeness (QED) is 0.859. The molecule has 0 aliphatic carbocycles. The van der Waals surface area contributed by atoms with Crippen molar-refractivity contribution in [3.8, 4) is 5.75 Å². The lowest BCUT2D eigenvalue weighted by Gasteiger charge is -2.08. The number of amides is 1. The summed E-state index contributed by atoms with van der Waals surface area (Å²) in [6.07, 6.45) is 0.659. The summed E-state index contributed by atoms with van der Waals surface area (Å²) in [4.78, 5) is 22.7. The van der Waals surface area contributed by atoms with Gasteiger partial charge in [-0.25, -0.2) is 0 Å². The van der Waals surface area contributed by atoms with E-state index >= 15 is 0 Å². The van der Waals surface area contributed by atoms with Crippen LogP contribution in [0.3, 0.4) is 0 Å². The van der Waals surface area contributed by atoms with Gasteiger partial charge in [-0.1, -0.05) is 18.2 Å². The average molecular weight is 291 g/mol. The van der Waals surface area contributed by atoms with Crippen LogP contribution in [0.4, 0.5) is 14.5 Å². The van der Waals surface area contributed by atoms with Crippen LogP contribution in [-0.2, 0) is 0 Å². The third-order valence-electron chi connectivity index (χ3n) is 2.60. The SMILES string of the molecule is O=Cc1cccc(NC(=O)c2cccc(OC(F)F)c2)c1. The fraction of sp³-hybridized carbons (Fsp3) is 0.0667. The van der Waals surface area contributed by atoms with Crippen molar-refractivity contribution in [2.45, 2.75) is 6.61 Å². The Bertz CT molecular complexity index is 659. The first-order chi connectivity index (χ1) is 10.1. The molecule has 2 rings (SSSR count). The molecule has 1 amide bonds. The molecule has 21 heavy (non-hydrogen) atoms. The van der Waals surface area contributed by atoms with E-state index in [0.717, 1.165) is 0 Å². The summed E-state index contributed by atoms with van der Waals surface area (Å²) in [6, 6.07) is 11.8. The van der Waals surface area contributed by atoms with Gasteiger partial charge in [-0.15, -0.1) is 0 Å². The molecule has 1 N–H and O–H groups in total. The van der Waals surface area contributed by atoms with E-state index in [2.05, 4.69) is 10.1 Å². The van der Waals surface area contributed by atoms with Gasteiger partial charge in [-0.2, -0.15) is 8.78 Å². The molecule has 2 aromatic rings. The zero-order valence-electron chi connectivity index (χ0n) is 10.8. The lowest BCUT2D eigenvalue weighted by atomic mass is 10.2. The topological polar surface area (TPSA) is 55.4 Å². The summed E-state index contributed by atoms with van der Waals surface area (Å²) < 4.78 is 28.5. The van der Waals surface area contributed by atoms with E-state index in [1.807, 2.05) is 0 Å². The second-order valence-corrected chi connectivity index (χ2v) is 4.10. The third kappa shape index (κ3) is 4.10. The second kappa shape index (κ2) is 6.60. The van der Waals surface area contributed by atoms with Gasteiger partial charge in [-0.3, -0.25) is 9.59 Å². The molecular formula is C15H11F2NO3. The van der Waals surface area contributed by atoms with Crippen LogP contribution in [0, 0.1) is 0 Å². The third-order valence-corrected chi connectivity index (χ3v) is 2.60. The molecule has 0 aromatic heterocycles.